The van der Waals surface area contributed by atoms with Crippen molar-refractivity contribution in [2.75, 3.05) is 13.2 Å². The van der Waals surface area contributed by atoms with Gasteiger partial charge in [-0.05, 0) is 50.3 Å². The molecule has 0 aliphatic carbocycles. The van der Waals surface area contributed by atoms with Gasteiger partial charge in [0.15, 0.2) is 0 Å². The lowest BCUT2D eigenvalue weighted by atomic mass is 9.95. The summed E-state index contributed by atoms with van der Waals surface area (Å²) in [4.78, 5) is 0. The Morgan fingerprint density at radius 1 is 1.35 bits per heavy atom. The standard InChI is InChI=1S/C20H28O3/c1-4-20(5-2)19(23-20)9-6-15(3)10-12-21-17-8-7-16-11-13-22-18(16)14-17/h7-8,10,14,19H,4-6,9,11-13H2,1-3H3/b15-10+. The first-order valence-corrected chi connectivity index (χ1v) is 8.89. The van der Waals surface area contributed by atoms with Gasteiger partial charge in [0.1, 0.15) is 18.1 Å². The summed E-state index contributed by atoms with van der Waals surface area (Å²) in [6.45, 7) is 8.03. The van der Waals surface area contributed by atoms with Crippen LogP contribution < -0.4 is 9.47 Å². The maximum atomic E-state index is 5.90. The molecule has 3 rings (SSSR count). The van der Waals surface area contributed by atoms with Crippen LogP contribution in [0.4, 0.5) is 0 Å². The van der Waals surface area contributed by atoms with Gasteiger partial charge in [0.2, 0.25) is 0 Å². The number of hydrogen-bond acceptors (Lipinski definition) is 3. The number of rotatable bonds is 8. The number of allylic oxidation sites excluding steroid dienone is 1. The van der Waals surface area contributed by atoms with Crippen LogP contribution in [0.5, 0.6) is 11.5 Å². The maximum absolute atomic E-state index is 5.90. The summed E-state index contributed by atoms with van der Waals surface area (Å²) in [6, 6.07) is 6.14. The molecule has 126 valence electrons. The fourth-order valence-electron chi connectivity index (χ4n) is 3.42. The highest BCUT2D eigenvalue weighted by molar-refractivity contribution is 5.42. The molecule has 1 aromatic rings. The molecule has 23 heavy (non-hydrogen) atoms. The third kappa shape index (κ3) is 3.72. The zero-order valence-corrected chi connectivity index (χ0v) is 14.6. The van der Waals surface area contributed by atoms with E-state index in [1.807, 2.05) is 12.1 Å². The van der Waals surface area contributed by atoms with Crippen molar-refractivity contribution >= 4 is 0 Å². The molecular formula is C20H28O3. The molecule has 1 fully saturated rings. The van der Waals surface area contributed by atoms with Gasteiger partial charge in [0, 0.05) is 12.5 Å². The van der Waals surface area contributed by atoms with E-state index >= 15 is 0 Å². The van der Waals surface area contributed by atoms with Crippen LogP contribution in [0.2, 0.25) is 0 Å². The highest BCUT2D eigenvalue weighted by Gasteiger charge is 2.52. The summed E-state index contributed by atoms with van der Waals surface area (Å²) < 4.78 is 17.3. The van der Waals surface area contributed by atoms with Crippen LogP contribution in [-0.2, 0) is 11.2 Å². The van der Waals surface area contributed by atoms with Crippen molar-refractivity contribution in [2.24, 2.45) is 0 Å². The largest absolute Gasteiger partial charge is 0.493 e. The van der Waals surface area contributed by atoms with E-state index in [4.69, 9.17) is 14.2 Å². The van der Waals surface area contributed by atoms with E-state index in [0.29, 0.717) is 12.7 Å². The minimum atomic E-state index is 0.182. The highest BCUT2D eigenvalue weighted by Crippen LogP contribution is 2.45. The first-order valence-electron chi connectivity index (χ1n) is 8.89. The Morgan fingerprint density at radius 2 is 2.17 bits per heavy atom. The number of benzene rings is 1. The maximum Gasteiger partial charge on any atom is 0.126 e. The average Bonchev–Trinajstić information content (AvgIpc) is 3.09. The SMILES string of the molecule is CCC1(CC)OC1CC/C(C)=C/COc1ccc2c(c1)OCC2. The van der Waals surface area contributed by atoms with Crippen molar-refractivity contribution < 1.29 is 14.2 Å². The molecule has 1 atom stereocenters. The van der Waals surface area contributed by atoms with Gasteiger partial charge >= 0.3 is 0 Å². The number of ether oxygens (including phenoxy) is 3. The van der Waals surface area contributed by atoms with Crippen LogP contribution in [0.1, 0.15) is 52.0 Å². The summed E-state index contributed by atoms with van der Waals surface area (Å²) >= 11 is 0. The second kappa shape index (κ2) is 6.96. The number of epoxide rings is 1. The van der Waals surface area contributed by atoms with Gasteiger partial charge < -0.3 is 14.2 Å². The third-order valence-corrected chi connectivity index (χ3v) is 5.25. The predicted octanol–water partition coefficient (Wildman–Crippen LogP) is 4.68. The quantitative estimate of drug-likeness (QED) is 0.515. The molecule has 1 saturated heterocycles. The van der Waals surface area contributed by atoms with Crippen LogP contribution in [0.3, 0.4) is 0 Å². The monoisotopic (exact) mass is 316 g/mol. The second-order valence-corrected chi connectivity index (χ2v) is 6.65. The smallest absolute Gasteiger partial charge is 0.126 e. The van der Waals surface area contributed by atoms with Crippen molar-refractivity contribution in [1.29, 1.82) is 0 Å². The Kier molecular flexibility index (Phi) is 4.96. The minimum absolute atomic E-state index is 0.182. The topological polar surface area (TPSA) is 31.0 Å². The van der Waals surface area contributed by atoms with Crippen molar-refractivity contribution in [1.82, 2.24) is 0 Å². The van der Waals surface area contributed by atoms with Gasteiger partial charge in [-0.2, -0.15) is 0 Å². The van der Waals surface area contributed by atoms with Crippen LogP contribution in [-0.4, -0.2) is 24.9 Å². The molecule has 1 aromatic carbocycles. The molecule has 2 heterocycles. The average molecular weight is 316 g/mol. The Labute approximate surface area is 139 Å². The lowest BCUT2D eigenvalue weighted by Crippen LogP contribution is -2.12. The molecule has 0 saturated carbocycles. The van der Waals surface area contributed by atoms with E-state index in [-0.39, 0.29) is 5.60 Å². The van der Waals surface area contributed by atoms with E-state index in [9.17, 15) is 0 Å². The van der Waals surface area contributed by atoms with Crippen molar-refractivity contribution in [3.8, 4) is 11.5 Å². The summed E-state index contributed by atoms with van der Waals surface area (Å²) in [6.07, 6.45) is 8.10. The normalized spacial score (nSPS) is 21.7. The molecule has 2 aliphatic rings. The Morgan fingerprint density at radius 3 is 2.91 bits per heavy atom. The van der Waals surface area contributed by atoms with E-state index in [1.54, 1.807) is 0 Å². The van der Waals surface area contributed by atoms with Gasteiger partial charge in [-0.1, -0.05) is 25.5 Å². The van der Waals surface area contributed by atoms with Gasteiger partial charge in [0.25, 0.3) is 0 Å². The Hall–Kier alpha value is -1.48. The molecule has 2 aliphatic heterocycles. The van der Waals surface area contributed by atoms with E-state index in [2.05, 4.69) is 32.9 Å². The molecule has 0 aromatic heterocycles. The van der Waals surface area contributed by atoms with E-state index < -0.39 is 0 Å². The van der Waals surface area contributed by atoms with Gasteiger partial charge in [-0.15, -0.1) is 0 Å². The predicted molar refractivity (Wildman–Crippen MR) is 92.3 cm³/mol. The van der Waals surface area contributed by atoms with E-state index in [0.717, 1.165) is 50.2 Å². The fourth-order valence-corrected chi connectivity index (χ4v) is 3.42. The fraction of sp³-hybridized carbons (Fsp3) is 0.600. The molecule has 0 spiro atoms. The molecule has 1 unspecified atom stereocenters. The van der Waals surface area contributed by atoms with Crippen molar-refractivity contribution in [3.05, 3.63) is 35.4 Å². The molecular weight excluding hydrogens is 288 g/mol. The second-order valence-electron chi connectivity index (χ2n) is 6.65. The molecule has 0 bridgehead atoms. The zero-order valence-electron chi connectivity index (χ0n) is 14.6. The summed E-state index contributed by atoms with van der Waals surface area (Å²) in [7, 11) is 0. The molecule has 0 amide bonds. The summed E-state index contributed by atoms with van der Waals surface area (Å²) in [5, 5.41) is 0. The Balaban J connectivity index is 1.41. The zero-order chi connectivity index (χ0) is 16.3. The van der Waals surface area contributed by atoms with Crippen LogP contribution in [0.15, 0.2) is 29.8 Å². The minimum Gasteiger partial charge on any atom is -0.493 e. The van der Waals surface area contributed by atoms with Crippen molar-refractivity contribution in [2.45, 2.75) is 64.6 Å². The molecule has 0 radical (unpaired) electrons. The summed E-state index contributed by atoms with van der Waals surface area (Å²) in [5.41, 5.74) is 2.84. The van der Waals surface area contributed by atoms with Crippen molar-refractivity contribution in [3.63, 3.8) is 0 Å². The highest BCUT2D eigenvalue weighted by atomic mass is 16.6. The number of fused-ring (bicyclic) bond motifs is 1. The van der Waals surface area contributed by atoms with Gasteiger partial charge in [0.05, 0.1) is 18.3 Å². The Bertz CT molecular complexity index is 572. The molecule has 3 nitrogen and oxygen atoms in total. The first-order chi connectivity index (χ1) is 11.2. The van der Waals surface area contributed by atoms with Crippen LogP contribution in [0.25, 0.3) is 0 Å². The van der Waals surface area contributed by atoms with Gasteiger partial charge in [-0.25, -0.2) is 0 Å². The lowest BCUT2D eigenvalue weighted by molar-refractivity contribution is 0.278. The van der Waals surface area contributed by atoms with Crippen LogP contribution >= 0.6 is 0 Å². The van der Waals surface area contributed by atoms with E-state index in [1.165, 1.54) is 11.1 Å². The molecule has 3 heteroatoms. The first kappa shape index (κ1) is 16.4. The lowest BCUT2D eigenvalue weighted by Gasteiger charge is -2.07. The van der Waals surface area contributed by atoms with Crippen LogP contribution in [0, 0.1) is 0 Å². The number of hydrogen-bond donors (Lipinski definition) is 0. The van der Waals surface area contributed by atoms with Gasteiger partial charge in [-0.3, -0.25) is 0 Å². The third-order valence-electron chi connectivity index (χ3n) is 5.25. The molecule has 0 N–H and O–H groups in total. The summed E-state index contributed by atoms with van der Waals surface area (Å²) in [5.74, 6) is 1.86.